The lowest BCUT2D eigenvalue weighted by molar-refractivity contribution is -0.127. The molecule has 0 saturated carbocycles. The lowest BCUT2D eigenvalue weighted by Crippen LogP contribution is -2.52. The van der Waals surface area contributed by atoms with E-state index in [4.69, 9.17) is 4.74 Å². The number of nitrogens with zero attached hydrogens (tertiary/aromatic N) is 2. The summed E-state index contributed by atoms with van der Waals surface area (Å²) in [6, 6.07) is 12.0. The maximum absolute atomic E-state index is 12.9. The Balaban J connectivity index is 1.53. The zero-order valence-electron chi connectivity index (χ0n) is 18.5. The Morgan fingerprint density at radius 2 is 1.84 bits per heavy atom. The van der Waals surface area contributed by atoms with E-state index in [1.54, 1.807) is 24.5 Å². The van der Waals surface area contributed by atoms with Crippen molar-refractivity contribution in [3.63, 3.8) is 0 Å². The predicted octanol–water partition coefficient (Wildman–Crippen LogP) is 2.29. The number of hydrogen-bond donors (Lipinski definition) is 2. The van der Waals surface area contributed by atoms with Crippen molar-refractivity contribution in [2.45, 2.75) is 45.5 Å². The number of benzene rings is 1. The molecule has 32 heavy (non-hydrogen) atoms. The van der Waals surface area contributed by atoms with Gasteiger partial charge in [-0.05, 0) is 35.6 Å². The summed E-state index contributed by atoms with van der Waals surface area (Å²) in [5.41, 5.74) is 1.92. The number of ketones is 1. The van der Waals surface area contributed by atoms with Crippen LogP contribution in [0.5, 0.6) is 0 Å². The summed E-state index contributed by atoms with van der Waals surface area (Å²) in [5.74, 6) is -0.238. The Morgan fingerprint density at radius 3 is 2.53 bits per heavy atom. The molecule has 2 N–H and O–H groups in total. The van der Waals surface area contributed by atoms with E-state index >= 15 is 0 Å². The zero-order chi connectivity index (χ0) is 22.9. The number of Topliss-reactive ketones (excluding diaryl/α,β-unsaturated/α-hetero) is 1. The SMILES string of the molecule is CC(C)C[C@H](NC(=O)OCc1ccncc1)C(=O)NC1CN(Cc2ccccc2)CC1=O. The molecule has 0 radical (unpaired) electrons. The van der Waals surface area contributed by atoms with Crippen LogP contribution in [0.3, 0.4) is 0 Å². The molecule has 170 valence electrons. The van der Waals surface area contributed by atoms with Crippen LogP contribution in [0.1, 0.15) is 31.4 Å². The molecule has 1 fully saturated rings. The normalized spacial score (nSPS) is 17.2. The molecular weight excluding hydrogens is 408 g/mol. The summed E-state index contributed by atoms with van der Waals surface area (Å²) in [6.07, 6.45) is 2.99. The standard InChI is InChI=1S/C24H30N4O4/c1-17(2)12-20(27-24(31)32-16-19-8-10-25-11-9-19)23(30)26-21-14-28(15-22(21)29)13-18-6-4-3-5-7-18/h3-11,17,20-21H,12-16H2,1-2H3,(H,26,30)(H,27,31)/t20-,21?/m0/s1. The van der Waals surface area contributed by atoms with Gasteiger partial charge in [0.15, 0.2) is 5.78 Å². The van der Waals surface area contributed by atoms with Gasteiger partial charge in [-0.1, -0.05) is 44.2 Å². The van der Waals surface area contributed by atoms with Crippen LogP contribution < -0.4 is 10.6 Å². The van der Waals surface area contributed by atoms with Gasteiger partial charge in [-0.25, -0.2) is 4.79 Å². The minimum atomic E-state index is -0.782. The van der Waals surface area contributed by atoms with Crippen molar-refractivity contribution < 1.29 is 19.1 Å². The van der Waals surface area contributed by atoms with Crippen LogP contribution >= 0.6 is 0 Å². The first-order valence-corrected chi connectivity index (χ1v) is 10.8. The summed E-state index contributed by atoms with van der Waals surface area (Å²) in [6.45, 7) is 5.39. The number of alkyl carbamates (subject to hydrolysis) is 1. The number of pyridine rings is 1. The van der Waals surface area contributed by atoms with Crippen molar-refractivity contribution >= 4 is 17.8 Å². The minimum absolute atomic E-state index is 0.0298. The van der Waals surface area contributed by atoms with Crippen molar-refractivity contribution in [1.29, 1.82) is 0 Å². The molecule has 1 aliphatic rings. The van der Waals surface area contributed by atoms with Crippen molar-refractivity contribution in [1.82, 2.24) is 20.5 Å². The second-order valence-corrected chi connectivity index (χ2v) is 8.44. The smallest absolute Gasteiger partial charge is 0.408 e. The Morgan fingerprint density at radius 1 is 1.12 bits per heavy atom. The van der Waals surface area contributed by atoms with Gasteiger partial charge in [-0.2, -0.15) is 0 Å². The molecule has 0 aliphatic carbocycles. The van der Waals surface area contributed by atoms with E-state index in [9.17, 15) is 14.4 Å². The molecule has 0 spiro atoms. The van der Waals surface area contributed by atoms with Gasteiger partial charge in [-0.3, -0.25) is 19.5 Å². The second kappa shape index (κ2) is 11.4. The summed E-state index contributed by atoms with van der Waals surface area (Å²) < 4.78 is 5.23. The second-order valence-electron chi connectivity index (χ2n) is 8.44. The van der Waals surface area contributed by atoms with E-state index in [-0.39, 0.29) is 30.8 Å². The van der Waals surface area contributed by atoms with Gasteiger partial charge in [0.25, 0.3) is 0 Å². The molecule has 2 aromatic rings. The third-order valence-electron chi connectivity index (χ3n) is 5.21. The molecule has 8 heteroatoms. The lowest BCUT2D eigenvalue weighted by atomic mass is 10.0. The Labute approximate surface area is 188 Å². The predicted molar refractivity (Wildman–Crippen MR) is 119 cm³/mol. The summed E-state index contributed by atoms with van der Waals surface area (Å²) in [7, 11) is 0. The van der Waals surface area contributed by atoms with Gasteiger partial charge >= 0.3 is 6.09 Å². The molecule has 8 nitrogen and oxygen atoms in total. The van der Waals surface area contributed by atoms with Crippen molar-refractivity contribution in [3.05, 3.63) is 66.0 Å². The van der Waals surface area contributed by atoms with Gasteiger partial charge in [0.05, 0.1) is 6.54 Å². The zero-order valence-corrected chi connectivity index (χ0v) is 18.5. The average Bonchev–Trinajstić information content (AvgIpc) is 3.11. The number of likely N-dealkylation sites (tertiary alicyclic amines) is 1. The highest BCUT2D eigenvalue weighted by molar-refractivity contribution is 5.94. The van der Waals surface area contributed by atoms with Gasteiger partial charge < -0.3 is 15.4 Å². The van der Waals surface area contributed by atoms with Gasteiger partial charge in [-0.15, -0.1) is 0 Å². The number of carbonyl (C=O) groups excluding carboxylic acids is 3. The molecule has 2 heterocycles. The van der Waals surface area contributed by atoms with Crippen molar-refractivity contribution in [3.8, 4) is 0 Å². The number of carbonyl (C=O) groups is 3. The molecule has 1 aromatic carbocycles. The largest absolute Gasteiger partial charge is 0.445 e. The fraction of sp³-hybridized carbons (Fsp3) is 0.417. The molecule has 1 aromatic heterocycles. The highest BCUT2D eigenvalue weighted by atomic mass is 16.5. The van der Waals surface area contributed by atoms with E-state index in [0.717, 1.165) is 11.1 Å². The third-order valence-corrected chi connectivity index (χ3v) is 5.21. The number of aromatic nitrogens is 1. The first kappa shape index (κ1) is 23.4. The highest BCUT2D eigenvalue weighted by Gasteiger charge is 2.34. The van der Waals surface area contributed by atoms with Crippen molar-refractivity contribution in [2.24, 2.45) is 5.92 Å². The summed E-state index contributed by atoms with van der Waals surface area (Å²) in [5, 5.41) is 5.46. The van der Waals surface area contributed by atoms with Crippen LogP contribution in [0.15, 0.2) is 54.9 Å². The van der Waals surface area contributed by atoms with E-state index in [1.165, 1.54) is 0 Å². The maximum Gasteiger partial charge on any atom is 0.408 e. The quantitative estimate of drug-likeness (QED) is 0.623. The Bertz CT molecular complexity index is 905. The molecule has 1 saturated heterocycles. The summed E-state index contributed by atoms with van der Waals surface area (Å²) in [4.78, 5) is 43.6. The Kier molecular flexibility index (Phi) is 8.33. The number of rotatable bonds is 9. The van der Waals surface area contributed by atoms with Crippen LogP contribution in [0.25, 0.3) is 0 Å². The third kappa shape index (κ3) is 7.16. The topological polar surface area (TPSA) is 101 Å². The molecule has 3 rings (SSSR count). The first-order chi connectivity index (χ1) is 15.4. The molecular formula is C24H30N4O4. The maximum atomic E-state index is 12.9. The van der Waals surface area contributed by atoms with Crippen LogP contribution in [0, 0.1) is 5.92 Å². The number of amides is 2. The Hall–Kier alpha value is -3.26. The number of nitrogens with one attached hydrogen (secondary N) is 2. The van der Waals surface area contributed by atoms with Crippen LogP contribution in [0.4, 0.5) is 4.79 Å². The molecule has 2 atom stereocenters. The van der Waals surface area contributed by atoms with Crippen LogP contribution in [-0.4, -0.2) is 52.8 Å². The van der Waals surface area contributed by atoms with Crippen LogP contribution in [-0.2, 0) is 27.5 Å². The molecule has 0 bridgehead atoms. The number of hydrogen-bond acceptors (Lipinski definition) is 6. The summed E-state index contributed by atoms with van der Waals surface area (Å²) >= 11 is 0. The monoisotopic (exact) mass is 438 g/mol. The van der Waals surface area contributed by atoms with Gasteiger partial charge in [0.2, 0.25) is 5.91 Å². The van der Waals surface area contributed by atoms with E-state index in [2.05, 4.69) is 15.6 Å². The minimum Gasteiger partial charge on any atom is -0.445 e. The first-order valence-electron chi connectivity index (χ1n) is 10.8. The van der Waals surface area contributed by atoms with Crippen molar-refractivity contribution in [2.75, 3.05) is 13.1 Å². The fourth-order valence-corrected chi connectivity index (χ4v) is 3.63. The van der Waals surface area contributed by atoms with Gasteiger partial charge in [0.1, 0.15) is 18.7 Å². The highest BCUT2D eigenvalue weighted by Crippen LogP contribution is 2.13. The fourth-order valence-electron chi connectivity index (χ4n) is 3.63. The molecule has 1 unspecified atom stereocenters. The average molecular weight is 439 g/mol. The van der Waals surface area contributed by atoms with Crippen LogP contribution in [0.2, 0.25) is 0 Å². The molecule has 2 amide bonds. The van der Waals surface area contributed by atoms with Gasteiger partial charge in [0, 0.05) is 25.5 Å². The van der Waals surface area contributed by atoms with E-state index < -0.39 is 18.2 Å². The lowest BCUT2D eigenvalue weighted by Gasteiger charge is -2.22. The van der Waals surface area contributed by atoms with E-state index in [0.29, 0.717) is 19.5 Å². The number of ether oxygens (including phenoxy) is 1. The van der Waals surface area contributed by atoms with E-state index in [1.807, 2.05) is 49.1 Å². The molecule has 1 aliphatic heterocycles.